The third kappa shape index (κ3) is 6.04. The molecule has 3 rings (SSSR count). The second-order valence-electron chi connectivity index (χ2n) is 10.2. The fraction of sp³-hybridized carbons (Fsp3) is 0.739. The average Bonchev–Trinajstić information content (AvgIpc) is 3.25. The van der Waals surface area contributed by atoms with E-state index in [9.17, 15) is 29.4 Å². The van der Waals surface area contributed by atoms with Gasteiger partial charge in [-0.15, -0.1) is 0 Å². The molecule has 10 heteroatoms. The summed E-state index contributed by atoms with van der Waals surface area (Å²) < 4.78 is 5.30. The maximum Gasteiger partial charge on any atom is 0.408 e. The monoisotopic (exact) mass is 465 g/mol. The van der Waals surface area contributed by atoms with Crippen LogP contribution in [0.5, 0.6) is 0 Å². The number of alkyl carbamates (subject to hydrolysis) is 1. The first kappa shape index (κ1) is 25.0. The normalized spacial score (nSPS) is 34.1. The van der Waals surface area contributed by atoms with Crippen LogP contribution in [0.15, 0.2) is 12.2 Å². The number of rotatable bonds is 2. The highest BCUT2D eigenvalue weighted by molar-refractivity contribution is 5.96. The molecule has 3 amide bonds. The topological polar surface area (TPSA) is 145 Å². The Morgan fingerprint density at radius 1 is 1.24 bits per heavy atom. The highest BCUT2D eigenvalue weighted by atomic mass is 16.6. The number of carboxylic acid groups (broad SMARTS) is 1. The van der Waals surface area contributed by atoms with E-state index in [0.29, 0.717) is 12.8 Å². The fourth-order valence-electron chi connectivity index (χ4n) is 4.53. The van der Waals surface area contributed by atoms with Crippen molar-refractivity contribution < 1.29 is 34.1 Å². The molecule has 0 aromatic rings. The molecule has 2 aliphatic heterocycles. The quantitative estimate of drug-likeness (QED) is 0.450. The number of aliphatic hydroxyl groups is 1. The lowest BCUT2D eigenvalue weighted by molar-refractivity contribution is -0.145. The molecule has 184 valence electrons. The zero-order valence-corrected chi connectivity index (χ0v) is 19.5. The summed E-state index contributed by atoms with van der Waals surface area (Å²) in [4.78, 5) is 52.0. The van der Waals surface area contributed by atoms with E-state index < -0.39 is 53.2 Å². The molecule has 0 spiro atoms. The number of hydrogen-bond acceptors (Lipinski definition) is 6. The molecule has 1 unspecified atom stereocenters. The fourth-order valence-corrected chi connectivity index (χ4v) is 4.53. The van der Waals surface area contributed by atoms with Gasteiger partial charge in [-0.1, -0.05) is 25.0 Å². The molecule has 10 nitrogen and oxygen atoms in total. The number of carbonyl (C=O) groups is 4. The van der Waals surface area contributed by atoms with E-state index in [-0.39, 0.29) is 25.3 Å². The summed E-state index contributed by atoms with van der Waals surface area (Å²) in [6, 6.07) is -1.93. The Kier molecular flexibility index (Phi) is 7.36. The molecule has 0 aromatic heterocycles. The van der Waals surface area contributed by atoms with Crippen molar-refractivity contribution in [1.82, 2.24) is 15.5 Å². The summed E-state index contributed by atoms with van der Waals surface area (Å²) in [5, 5.41) is 25.2. The van der Waals surface area contributed by atoms with Crippen molar-refractivity contribution in [3.8, 4) is 0 Å². The Labute approximate surface area is 193 Å². The van der Waals surface area contributed by atoms with Gasteiger partial charge in [0.2, 0.25) is 11.8 Å². The number of fused-ring (bicyclic) bond motifs is 2. The number of hydrogen-bond donors (Lipinski definition) is 4. The number of ether oxygens (including phenoxy) is 1. The van der Waals surface area contributed by atoms with Crippen molar-refractivity contribution >= 4 is 23.9 Å². The second-order valence-corrected chi connectivity index (χ2v) is 10.2. The van der Waals surface area contributed by atoms with Crippen LogP contribution in [-0.4, -0.2) is 74.9 Å². The van der Waals surface area contributed by atoms with Crippen molar-refractivity contribution in [2.75, 3.05) is 6.54 Å². The van der Waals surface area contributed by atoms with E-state index in [1.165, 1.54) is 4.90 Å². The third-order valence-corrected chi connectivity index (χ3v) is 6.33. The summed E-state index contributed by atoms with van der Waals surface area (Å²) in [5.41, 5.74) is -2.12. The molecular weight excluding hydrogens is 430 g/mol. The zero-order chi connectivity index (χ0) is 24.4. The Bertz CT molecular complexity index is 821. The van der Waals surface area contributed by atoms with Gasteiger partial charge in [0.15, 0.2) is 0 Å². The van der Waals surface area contributed by atoms with E-state index >= 15 is 0 Å². The first-order chi connectivity index (χ1) is 15.4. The van der Waals surface area contributed by atoms with Crippen LogP contribution < -0.4 is 10.6 Å². The first-order valence-corrected chi connectivity index (χ1v) is 11.6. The summed E-state index contributed by atoms with van der Waals surface area (Å²) >= 11 is 0. The lowest BCUT2D eigenvalue weighted by Gasteiger charge is -2.30. The molecule has 2 heterocycles. The van der Waals surface area contributed by atoms with Gasteiger partial charge in [-0.3, -0.25) is 9.59 Å². The predicted molar refractivity (Wildman–Crippen MR) is 118 cm³/mol. The molecular formula is C23H35N3O7. The standard InChI is InChI=1S/C23H35N3O7/c1-22(2,3)33-21(32)24-16-10-8-6-4-5-7-9-14-12-23(14,20(30)31)25-18(28)17-11-15(27)13-26(17)19(16)29/h7,9,14-17,27H,4-6,8,10-13H2,1-3H3,(H,24,32)(H,25,28)(H,30,31)/b9-7-/t14-,15-,16+,17?,23-/m1/s1. The molecule has 4 N–H and O–H groups in total. The lowest BCUT2D eigenvalue weighted by atomic mass is 10.0. The molecule has 1 aliphatic carbocycles. The van der Waals surface area contributed by atoms with Gasteiger partial charge in [-0.2, -0.15) is 0 Å². The summed E-state index contributed by atoms with van der Waals surface area (Å²) in [6.07, 6.45) is 5.91. The van der Waals surface area contributed by atoms with Crippen LogP contribution in [0.2, 0.25) is 0 Å². The Morgan fingerprint density at radius 2 is 1.97 bits per heavy atom. The van der Waals surface area contributed by atoms with Gasteiger partial charge in [0.25, 0.3) is 0 Å². The van der Waals surface area contributed by atoms with Crippen LogP contribution in [-0.2, 0) is 19.1 Å². The van der Waals surface area contributed by atoms with Crippen molar-refractivity contribution in [2.45, 2.75) is 95.0 Å². The largest absolute Gasteiger partial charge is 0.479 e. The van der Waals surface area contributed by atoms with E-state index in [2.05, 4.69) is 10.6 Å². The number of allylic oxidation sites excluding steroid dienone is 1. The van der Waals surface area contributed by atoms with Crippen molar-refractivity contribution in [2.24, 2.45) is 5.92 Å². The van der Waals surface area contributed by atoms with Gasteiger partial charge in [-0.05, 0) is 46.5 Å². The Morgan fingerprint density at radius 3 is 2.64 bits per heavy atom. The molecule has 2 fully saturated rings. The minimum atomic E-state index is -1.38. The maximum absolute atomic E-state index is 13.4. The molecule has 0 aromatic carbocycles. The van der Waals surface area contributed by atoms with Crippen LogP contribution in [0.1, 0.15) is 65.7 Å². The molecule has 3 aliphatic rings. The van der Waals surface area contributed by atoms with Gasteiger partial charge in [0.1, 0.15) is 23.2 Å². The predicted octanol–water partition coefficient (Wildman–Crippen LogP) is 1.32. The molecule has 0 radical (unpaired) electrons. The smallest absolute Gasteiger partial charge is 0.408 e. The van der Waals surface area contributed by atoms with Crippen molar-refractivity contribution in [1.29, 1.82) is 0 Å². The van der Waals surface area contributed by atoms with Gasteiger partial charge >= 0.3 is 12.1 Å². The highest BCUT2D eigenvalue weighted by Crippen LogP contribution is 2.45. The molecule has 1 saturated carbocycles. The number of carbonyl (C=O) groups excluding carboxylic acids is 3. The summed E-state index contributed by atoms with van der Waals surface area (Å²) in [7, 11) is 0. The number of nitrogens with one attached hydrogen (secondary N) is 2. The van der Waals surface area contributed by atoms with Crippen LogP contribution in [0.3, 0.4) is 0 Å². The molecule has 5 atom stereocenters. The Balaban J connectivity index is 1.83. The van der Waals surface area contributed by atoms with E-state index in [4.69, 9.17) is 4.74 Å². The number of nitrogens with zero attached hydrogens (tertiary/aromatic N) is 1. The van der Waals surface area contributed by atoms with E-state index in [0.717, 1.165) is 19.3 Å². The minimum Gasteiger partial charge on any atom is -0.479 e. The molecule has 1 saturated heterocycles. The highest BCUT2D eigenvalue weighted by Gasteiger charge is 2.61. The van der Waals surface area contributed by atoms with Gasteiger partial charge in [0.05, 0.1) is 6.10 Å². The summed E-state index contributed by atoms with van der Waals surface area (Å²) in [5.74, 6) is -2.51. The van der Waals surface area contributed by atoms with E-state index in [1.54, 1.807) is 20.8 Å². The average molecular weight is 466 g/mol. The van der Waals surface area contributed by atoms with Gasteiger partial charge in [-0.25, -0.2) is 9.59 Å². The maximum atomic E-state index is 13.4. The first-order valence-electron chi connectivity index (χ1n) is 11.6. The van der Waals surface area contributed by atoms with Crippen LogP contribution in [0.25, 0.3) is 0 Å². The number of aliphatic carboxylic acids is 1. The van der Waals surface area contributed by atoms with Crippen LogP contribution >= 0.6 is 0 Å². The number of aliphatic hydroxyl groups excluding tert-OH is 1. The zero-order valence-electron chi connectivity index (χ0n) is 19.5. The van der Waals surface area contributed by atoms with Crippen LogP contribution in [0.4, 0.5) is 4.79 Å². The van der Waals surface area contributed by atoms with Gasteiger partial charge in [0, 0.05) is 18.9 Å². The van der Waals surface area contributed by atoms with Crippen molar-refractivity contribution in [3.63, 3.8) is 0 Å². The molecule has 33 heavy (non-hydrogen) atoms. The number of carboxylic acids is 1. The molecule has 0 bridgehead atoms. The number of amides is 3. The Hall–Kier alpha value is -2.62. The minimum absolute atomic E-state index is 0.00688. The second kappa shape index (κ2) is 9.70. The van der Waals surface area contributed by atoms with Crippen LogP contribution in [0, 0.1) is 5.92 Å². The lowest BCUT2D eigenvalue weighted by Crippen LogP contribution is -2.56. The summed E-state index contributed by atoms with van der Waals surface area (Å²) in [6.45, 7) is 5.10. The van der Waals surface area contributed by atoms with E-state index in [1.807, 2.05) is 12.2 Å². The SMILES string of the molecule is CC(C)(C)OC(=O)N[C@H]1CCCCC/C=C\[C@@H]2C[C@@]2(C(=O)O)NC(=O)C2C[C@@H](O)CN2C1=O. The third-order valence-electron chi connectivity index (χ3n) is 6.33. The van der Waals surface area contributed by atoms with Crippen molar-refractivity contribution in [3.05, 3.63) is 12.2 Å². The van der Waals surface area contributed by atoms with Gasteiger partial charge < -0.3 is 30.5 Å².